The Morgan fingerprint density at radius 2 is 1.83 bits per heavy atom. The van der Waals surface area contributed by atoms with Crippen molar-refractivity contribution in [2.75, 3.05) is 4.90 Å². The van der Waals surface area contributed by atoms with Crippen LogP contribution in [-0.2, 0) is 0 Å². The van der Waals surface area contributed by atoms with Crippen LogP contribution >= 0.6 is 11.8 Å². The minimum absolute atomic E-state index is 0.204. The second-order valence-electron chi connectivity index (χ2n) is 5.57. The number of thioether (sulfide) groups is 1. The molecule has 5 nitrogen and oxygen atoms in total. The van der Waals surface area contributed by atoms with E-state index in [0.29, 0.717) is 5.84 Å². The SMILES string of the molecule is Cc1cc(N2c3ccccc3C(N)=NC2Sc2ccccc2)n[nH]1. The lowest BCUT2D eigenvalue weighted by Crippen LogP contribution is -2.36. The van der Waals surface area contributed by atoms with Crippen molar-refractivity contribution < 1.29 is 0 Å². The third kappa shape index (κ3) is 2.65. The number of H-pyrrole nitrogens is 1. The van der Waals surface area contributed by atoms with Crippen molar-refractivity contribution in [3.63, 3.8) is 0 Å². The number of benzene rings is 2. The van der Waals surface area contributed by atoms with Crippen molar-refractivity contribution in [1.82, 2.24) is 10.2 Å². The lowest BCUT2D eigenvalue weighted by Gasteiger charge is -2.33. The van der Waals surface area contributed by atoms with Gasteiger partial charge in [0.2, 0.25) is 0 Å². The van der Waals surface area contributed by atoms with E-state index >= 15 is 0 Å². The maximum atomic E-state index is 6.22. The molecular formula is C18H17N5S. The fraction of sp³-hybridized carbons (Fsp3) is 0.111. The Morgan fingerprint density at radius 3 is 2.58 bits per heavy atom. The predicted octanol–water partition coefficient (Wildman–Crippen LogP) is 3.65. The first-order valence-electron chi connectivity index (χ1n) is 7.68. The molecule has 120 valence electrons. The van der Waals surface area contributed by atoms with Crippen molar-refractivity contribution in [1.29, 1.82) is 0 Å². The minimum Gasteiger partial charge on any atom is -0.383 e. The molecule has 0 saturated carbocycles. The monoisotopic (exact) mass is 335 g/mol. The fourth-order valence-corrected chi connectivity index (χ4v) is 3.78. The highest BCUT2D eigenvalue weighted by atomic mass is 32.2. The van der Waals surface area contributed by atoms with E-state index in [9.17, 15) is 0 Å². The van der Waals surface area contributed by atoms with Crippen LogP contribution < -0.4 is 10.6 Å². The van der Waals surface area contributed by atoms with Gasteiger partial charge >= 0.3 is 0 Å². The maximum absolute atomic E-state index is 6.22. The van der Waals surface area contributed by atoms with Gasteiger partial charge < -0.3 is 5.73 Å². The van der Waals surface area contributed by atoms with E-state index in [-0.39, 0.29) is 5.50 Å². The Morgan fingerprint density at radius 1 is 1.08 bits per heavy atom. The van der Waals surface area contributed by atoms with E-state index in [4.69, 9.17) is 10.7 Å². The molecule has 6 heteroatoms. The highest BCUT2D eigenvalue weighted by Crippen LogP contribution is 2.39. The smallest absolute Gasteiger partial charge is 0.181 e. The normalized spacial score (nSPS) is 16.6. The maximum Gasteiger partial charge on any atom is 0.181 e. The highest BCUT2D eigenvalue weighted by molar-refractivity contribution is 8.00. The number of hydrogen-bond acceptors (Lipinski definition) is 5. The van der Waals surface area contributed by atoms with Gasteiger partial charge in [0.1, 0.15) is 5.84 Å². The van der Waals surface area contributed by atoms with Crippen LogP contribution in [0.25, 0.3) is 0 Å². The van der Waals surface area contributed by atoms with E-state index in [1.165, 1.54) is 0 Å². The molecule has 3 N–H and O–H groups in total. The average molecular weight is 335 g/mol. The quantitative estimate of drug-likeness (QED) is 0.766. The van der Waals surface area contributed by atoms with Crippen LogP contribution in [0.1, 0.15) is 11.3 Å². The highest BCUT2D eigenvalue weighted by Gasteiger charge is 2.30. The summed E-state index contributed by atoms with van der Waals surface area (Å²) in [6, 6.07) is 20.2. The van der Waals surface area contributed by atoms with Gasteiger partial charge in [-0.1, -0.05) is 42.1 Å². The zero-order valence-corrected chi connectivity index (χ0v) is 14.0. The standard InChI is InChI=1S/C18H17N5S/c1-12-11-16(22-21-12)23-15-10-6-5-9-14(15)17(19)20-18(23)24-13-7-3-2-4-8-13/h2-11,18H,1H3,(H2,19,20)(H,21,22). The first kappa shape index (κ1) is 14.8. The van der Waals surface area contributed by atoms with Gasteiger partial charge in [0.25, 0.3) is 0 Å². The molecule has 1 aliphatic rings. The number of nitrogens with one attached hydrogen (secondary N) is 1. The first-order valence-corrected chi connectivity index (χ1v) is 8.56. The fourth-order valence-electron chi connectivity index (χ4n) is 2.73. The van der Waals surface area contributed by atoms with Gasteiger partial charge in [-0.2, -0.15) is 5.10 Å². The number of rotatable bonds is 3. The summed E-state index contributed by atoms with van der Waals surface area (Å²) in [6.07, 6.45) is 0. The third-order valence-electron chi connectivity index (χ3n) is 3.83. The van der Waals surface area contributed by atoms with Gasteiger partial charge in [-0.3, -0.25) is 10.00 Å². The number of aryl methyl sites for hydroxylation is 1. The summed E-state index contributed by atoms with van der Waals surface area (Å²) in [7, 11) is 0. The van der Waals surface area contributed by atoms with Crippen LogP contribution in [0.4, 0.5) is 11.5 Å². The molecule has 1 atom stereocenters. The number of hydrogen-bond donors (Lipinski definition) is 2. The Bertz CT molecular complexity index is 887. The predicted molar refractivity (Wildman–Crippen MR) is 98.7 cm³/mol. The van der Waals surface area contributed by atoms with Crippen LogP contribution in [0.3, 0.4) is 0 Å². The van der Waals surface area contributed by atoms with Crippen molar-refractivity contribution in [2.24, 2.45) is 10.7 Å². The lowest BCUT2D eigenvalue weighted by molar-refractivity contribution is 0.870. The van der Waals surface area contributed by atoms with Gasteiger partial charge in [0.05, 0.1) is 5.69 Å². The molecule has 1 unspecified atom stereocenters. The minimum atomic E-state index is -0.204. The molecule has 0 saturated heterocycles. The Hall–Kier alpha value is -2.73. The van der Waals surface area contributed by atoms with E-state index in [1.807, 2.05) is 49.4 Å². The molecule has 0 bridgehead atoms. The van der Waals surface area contributed by atoms with E-state index < -0.39 is 0 Å². The van der Waals surface area contributed by atoms with E-state index in [0.717, 1.165) is 27.7 Å². The zero-order chi connectivity index (χ0) is 16.5. The van der Waals surface area contributed by atoms with Crippen LogP contribution in [0.15, 0.2) is 70.6 Å². The van der Waals surface area contributed by atoms with E-state index in [2.05, 4.69) is 33.3 Å². The summed E-state index contributed by atoms with van der Waals surface area (Å²) in [4.78, 5) is 7.97. The molecule has 4 rings (SSSR count). The number of aromatic nitrogens is 2. The van der Waals surface area contributed by atoms with Crippen molar-refractivity contribution >= 4 is 29.1 Å². The first-order chi connectivity index (χ1) is 11.7. The van der Waals surface area contributed by atoms with Gasteiger partial charge in [-0.05, 0) is 31.2 Å². The van der Waals surface area contributed by atoms with Gasteiger partial charge in [-0.15, -0.1) is 0 Å². The summed E-state index contributed by atoms with van der Waals surface area (Å²) in [5.41, 5.74) is 8.97. The molecule has 24 heavy (non-hydrogen) atoms. The number of aliphatic imine (C=N–C) groups is 1. The Kier molecular flexibility index (Phi) is 3.74. The molecule has 1 aromatic heterocycles. The third-order valence-corrected chi connectivity index (χ3v) is 4.91. The summed E-state index contributed by atoms with van der Waals surface area (Å²) in [6.45, 7) is 1.99. The molecule has 0 radical (unpaired) electrons. The number of anilines is 2. The molecule has 1 aliphatic heterocycles. The van der Waals surface area contributed by atoms with Gasteiger partial charge in [0, 0.05) is 22.2 Å². The van der Waals surface area contributed by atoms with Gasteiger partial charge in [0.15, 0.2) is 11.3 Å². The number of nitrogens with two attached hydrogens (primary N) is 1. The van der Waals surface area contributed by atoms with Crippen LogP contribution in [0.2, 0.25) is 0 Å². The van der Waals surface area contributed by atoms with Crippen molar-refractivity contribution in [2.45, 2.75) is 17.3 Å². The molecular weight excluding hydrogens is 318 g/mol. The van der Waals surface area contributed by atoms with Crippen molar-refractivity contribution in [3.05, 3.63) is 71.9 Å². The number of para-hydroxylation sites is 1. The summed E-state index contributed by atoms with van der Waals surface area (Å²) in [5, 5.41) is 7.44. The van der Waals surface area contributed by atoms with Gasteiger partial charge in [-0.25, -0.2) is 4.99 Å². The molecule has 0 fully saturated rings. The molecule has 0 aliphatic carbocycles. The number of aromatic amines is 1. The topological polar surface area (TPSA) is 70.3 Å². The summed E-state index contributed by atoms with van der Waals surface area (Å²) < 4.78 is 0. The van der Waals surface area contributed by atoms with Crippen LogP contribution in [0.5, 0.6) is 0 Å². The average Bonchev–Trinajstić information content (AvgIpc) is 3.02. The molecule has 2 aromatic carbocycles. The lowest BCUT2D eigenvalue weighted by atomic mass is 10.1. The number of amidine groups is 1. The molecule has 3 aromatic rings. The van der Waals surface area contributed by atoms with Crippen LogP contribution in [-0.4, -0.2) is 21.5 Å². The van der Waals surface area contributed by atoms with Crippen LogP contribution in [0, 0.1) is 6.92 Å². The number of fused-ring (bicyclic) bond motifs is 1. The molecule has 0 spiro atoms. The Labute approximate surface area is 144 Å². The Balaban J connectivity index is 1.80. The van der Waals surface area contributed by atoms with Crippen molar-refractivity contribution in [3.8, 4) is 0 Å². The molecule has 0 amide bonds. The number of nitrogens with zero attached hydrogens (tertiary/aromatic N) is 3. The summed E-state index contributed by atoms with van der Waals surface area (Å²) in [5.74, 6) is 1.40. The second kappa shape index (κ2) is 6.05. The zero-order valence-electron chi connectivity index (χ0n) is 13.2. The second-order valence-corrected chi connectivity index (χ2v) is 6.70. The largest absolute Gasteiger partial charge is 0.383 e. The van der Waals surface area contributed by atoms with E-state index in [1.54, 1.807) is 11.8 Å². The molecule has 2 heterocycles. The summed E-state index contributed by atoms with van der Waals surface area (Å²) >= 11 is 1.65.